The highest BCUT2D eigenvalue weighted by molar-refractivity contribution is 9.10. The van der Waals surface area contributed by atoms with Crippen molar-refractivity contribution in [1.29, 1.82) is 0 Å². The summed E-state index contributed by atoms with van der Waals surface area (Å²) in [4.78, 5) is 19.2. The lowest BCUT2D eigenvalue weighted by Gasteiger charge is -2.39. The number of imidazole rings is 1. The Kier molecular flexibility index (Phi) is 3.33. The summed E-state index contributed by atoms with van der Waals surface area (Å²) in [6, 6.07) is 5.87. The first kappa shape index (κ1) is 14.6. The Bertz CT molecular complexity index is 783. The van der Waals surface area contributed by atoms with Crippen LogP contribution in [0.25, 0.3) is 11.3 Å². The molecule has 0 spiro atoms. The minimum absolute atomic E-state index is 0.567. The fourth-order valence-corrected chi connectivity index (χ4v) is 3.61. The Morgan fingerprint density at radius 2 is 2.26 bits per heavy atom. The molecule has 7 heteroatoms. The second kappa shape index (κ2) is 5.26. The Labute approximate surface area is 141 Å². The van der Waals surface area contributed by atoms with Gasteiger partial charge in [-0.1, -0.05) is 15.9 Å². The number of fused-ring (bicyclic) bond motifs is 3. The quantitative estimate of drug-likeness (QED) is 0.747. The van der Waals surface area contributed by atoms with E-state index < -0.39 is 11.6 Å². The second-order valence-corrected chi connectivity index (χ2v) is 6.93. The lowest BCUT2D eigenvalue weighted by atomic mass is 9.76. The van der Waals surface area contributed by atoms with Crippen LogP contribution in [-0.2, 0) is 12.0 Å². The number of aromatic amines is 1. The van der Waals surface area contributed by atoms with E-state index >= 15 is 0 Å². The van der Waals surface area contributed by atoms with E-state index in [1.54, 1.807) is 0 Å². The monoisotopic (exact) mass is 377 g/mol. The number of H-pyrrole nitrogens is 1. The Balaban J connectivity index is 1.80. The first-order chi connectivity index (χ1) is 11.1. The lowest BCUT2D eigenvalue weighted by Crippen LogP contribution is -2.51. The number of nitrogens with zero attached hydrogens (tertiary/aromatic N) is 1. The van der Waals surface area contributed by atoms with Gasteiger partial charge in [-0.25, -0.2) is 9.78 Å². The summed E-state index contributed by atoms with van der Waals surface area (Å²) in [6.07, 6.45) is 2.25. The fourth-order valence-electron chi connectivity index (χ4n) is 3.27. The largest absolute Gasteiger partial charge is 0.492 e. The van der Waals surface area contributed by atoms with Gasteiger partial charge >= 0.3 is 6.09 Å². The van der Waals surface area contributed by atoms with Crippen molar-refractivity contribution in [1.82, 2.24) is 15.3 Å². The molecule has 1 fully saturated rings. The van der Waals surface area contributed by atoms with Crippen LogP contribution in [0, 0.1) is 0 Å². The van der Waals surface area contributed by atoms with E-state index in [2.05, 4.69) is 26.2 Å². The van der Waals surface area contributed by atoms with Crippen LogP contribution in [-0.4, -0.2) is 27.8 Å². The summed E-state index contributed by atoms with van der Waals surface area (Å²) >= 11 is 3.46. The van der Waals surface area contributed by atoms with Gasteiger partial charge in [-0.15, -0.1) is 0 Å². The van der Waals surface area contributed by atoms with E-state index in [0.29, 0.717) is 12.4 Å². The molecule has 1 aromatic heterocycles. The summed E-state index contributed by atoms with van der Waals surface area (Å²) in [5, 5.41) is 11.8. The predicted octanol–water partition coefficient (Wildman–Crippen LogP) is 3.42. The minimum atomic E-state index is -1.01. The highest BCUT2D eigenvalue weighted by Gasteiger charge is 2.43. The topological polar surface area (TPSA) is 87.2 Å². The molecule has 1 saturated carbocycles. The van der Waals surface area contributed by atoms with Gasteiger partial charge in [-0.05, 0) is 37.5 Å². The standard InChI is InChI=1S/C16H16BrN3O3/c17-9-2-3-10-12(8-9)23-7-4-11-13(10)19-14(18-11)16(5-1-6-16)20-15(21)22/h2-3,8,20H,1,4-7H2,(H,18,19)(H,21,22). The molecule has 2 aliphatic rings. The molecular weight excluding hydrogens is 362 g/mol. The number of hydrogen-bond donors (Lipinski definition) is 3. The molecule has 1 amide bonds. The highest BCUT2D eigenvalue weighted by atomic mass is 79.9. The van der Waals surface area contributed by atoms with Crippen molar-refractivity contribution in [3.05, 3.63) is 34.2 Å². The summed E-state index contributed by atoms with van der Waals surface area (Å²) < 4.78 is 6.76. The van der Waals surface area contributed by atoms with Gasteiger partial charge in [0.2, 0.25) is 0 Å². The second-order valence-electron chi connectivity index (χ2n) is 6.02. The normalized spacial score (nSPS) is 18.0. The van der Waals surface area contributed by atoms with Gasteiger partial charge in [0.25, 0.3) is 0 Å². The number of aromatic nitrogens is 2. The zero-order valence-electron chi connectivity index (χ0n) is 12.4. The molecule has 0 radical (unpaired) electrons. The van der Waals surface area contributed by atoms with E-state index in [1.165, 1.54) is 0 Å². The first-order valence-corrected chi connectivity index (χ1v) is 8.40. The molecule has 6 nitrogen and oxygen atoms in total. The number of nitrogens with one attached hydrogen (secondary N) is 2. The third-order valence-corrected chi connectivity index (χ3v) is 5.09. The smallest absolute Gasteiger partial charge is 0.405 e. The Morgan fingerprint density at radius 1 is 1.43 bits per heavy atom. The van der Waals surface area contributed by atoms with Gasteiger partial charge in [0, 0.05) is 22.2 Å². The van der Waals surface area contributed by atoms with Gasteiger partial charge in [-0.2, -0.15) is 0 Å². The van der Waals surface area contributed by atoms with Crippen molar-refractivity contribution in [2.24, 2.45) is 0 Å². The number of carboxylic acid groups (broad SMARTS) is 1. The predicted molar refractivity (Wildman–Crippen MR) is 87.6 cm³/mol. The van der Waals surface area contributed by atoms with Crippen LogP contribution in [0.2, 0.25) is 0 Å². The van der Waals surface area contributed by atoms with Gasteiger partial charge < -0.3 is 20.1 Å². The summed E-state index contributed by atoms with van der Waals surface area (Å²) in [6.45, 7) is 0.567. The fraction of sp³-hybridized carbons (Fsp3) is 0.375. The van der Waals surface area contributed by atoms with Crippen LogP contribution in [0.4, 0.5) is 4.79 Å². The molecule has 0 unspecified atom stereocenters. The zero-order chi connectivity index (χ0) is 16.0. The highest BCUT2D eigenvalue weighted by Crippen LogP contribution is 2.43. The average Bonchev–Trinajstić information content (AvgIpc) is 2.80. The molecule has 2 heterocycles. The van der Waals surface area contributed by atoms with E-state index in [0.717, 1.165) is 52.9 Å². The molecule has 0 atom stereocenters. The van der Waals surface area contributed by atoms with Gasteiger partial charge in [0.15, 0.2) is 0 Å². The number of ether oxygens (including phenoxy) is 1. The maximum Gasteiger partial charge on any atom is 0.405 e. The van der Waals surface area contributed by atoms with Crippen LogP contribution >= 0.6 is 15.9 Å². The third kappa shape index (κ3) is 2.39. The molecule has 1 aliphatic heterocycles. The lowest BCUT2D eigenvalue weighted by molar-refractivity contribution is 0.139. The van der Waals surface area contributed by atoms with Crippen LogP contribution in [0.3, 0.4) is 0 Å². The molecular formula is C16H16BrN3O3. The molecule has 120 valence electrons. The van der Waals surface area contributed by atoms with Crippen LogP contribution in [0.1, 0.15) is 30.8 Å². The average molecular weight is 378 g/mol. The van der Waals surface area contributed by atoms with Crippen molar-refractivity contribution in [2.45, 2.75) is 31.2 Å². The number of rotatable bonds is 2. The molecule has 0 saturated heterocycles. The Morgan fingerprint density at radius 3 is 2.96 bits per heavy atom. The molecule has 1 aromatic carbocycles. The number of benzene rings is 1. The van der Waals surface area contributed by atoms with E-state index in [9.17, 15) is 4.79 Å². The number of hydrogen-bond acceptors (Lipinski definition) is 3. The minimum Gasteiger partial charge on any atom is -0.492 e. The van der Waals surface area contributed by atoms with E-state index in [1.807, 2.05) is 18.2 Å². The maximum absolute atomic E-state index is 11.1. The maximum atomic E-state index is 11.1. The number of halogens is 1. The Hall–Kier alpha value is -2.02. The van der Waals surface area contributed by atoms with Gasteiger partial charge in [0.05, 0.1) is 12.3 Å². The molecule has 1 aliphatic carbocycles. The number of carbonyl (C=O) groups is 1. The third-order valence-electron chi connectivity index (χ3n) is 4.59. The summed E-state index contributed by atoms with van der Waals surface area (Å²) in [5.74, 6) is 1.51. The van der Waals surface area contributed by atoms with Crippen molar-refractivity contribution < 1.29 is 14.6 Å². The van der Waals surface area contributed by atoms with Gasteiger partial charge in [0.1, 0.15) is 17.1 Å². The zero-order valence-corrected chi connectivity index (χ0v) is 13.9. The SMILES string of the molecule is O=C(O)NC1(c2nc3c([nH]2)CCOc2cc(Br)ccc2-3)CCC1. The summed E-state index contributed by atoms with van der Waals surface area (Å²) in [5.41, 5.74) is 2.22. The molecule has 3 N–H and O–H groups in total. The molecule has 0 bridgehead atoms. The number of amides is 1. The van der Waals surface area contributed by atoms with Crippen LogP contribution in [0.5, 0.6) is 5.75 Å². The van der Waals surface area contributed by atoms with E-state index in [-0.39, 0.29) is 0 Å². The van der Waals surface area contributed by atoms with Crippen molar-refractivity contribution in [3.63, 3.8) is 0 Å². The van der Waals surface area contributed by atoms with Crippen LogP contribution < -0.4 is 10.1 Å². The molecule has 4 rings (SSSR count). The van der Waals surface area contributed by atoms with Crippen molar-refractivity contribution >= 4 is 22.0 Å². The van der Waals surface area contributed by atoms with Crippen molar-refractivity contribution in [3.8, 4) is 17.0 Å². The molecule has 2 aromatic rings. The van der Waals surface area contributed by atoms with Gasteiger partial charge in [-0.3, -0.25) is 0 Å². The summed E-state index contributed by atoms with van der Waals surface area (Å²) in [7, 11) is 0. The molecule has 23 heavy (non-hydrogen) atoms. The van der Waals surface area contributed by atoms with E-state index in [4.69, 9.17) is 14.8 Å². The van der Waals surface area contributed by atoms with Crippen LogP contribution in [0.15, 0.2) is 22.7 Å². The first-order valence-electron chi connectivity index (χ1n) is 7.61. The van der Waals surface area contributed by atoms with Crippen molar-refractivity contribution in [2.75, 3.05) is 6.61 Å².